The third kappa shape index (κ3) is 1.63. The van der Waals surface area contributed by atoms with Gasteiger partial charge in [-0.05, 0) is 25.7 Å². The Balaban J connectivity index is 1.99. The highest BCUT2D eigenvalue weighted by molar-refractivity contribution is 7.89. The number of nitrogens with zero attached hydrogens (tertiary/aromatic N) is 2. The minimum absolute atomic E-state index is 0.0378. The molecule has 100 valence electrons. The van der Waals surface area contributed by atoms with Crippen LogP contribution in [0.15, 0.2) is 11.1 Å². The zero-order valence-electron chi connectivity index (χ0n) is 9.78. The van der Waals surface area contributed by atoms with Gasteiger partial charge in [-0.15, -0.1) is 0 Å². The Morgan fingerprint density at radius 1 is 1.39 bits per heavy atom. The maximum Gasteiger partial charge on any atom is 0.248 e. The SMILES string of the molecule is Nc1[nH]ncc1S(=O)(=O)N1C2CCC1CC(O)C2. The average molecular weight is 272 g/mol. The molecular weight excluding hydrogens is 256 g/mol. The van der Waals surface area contributed by atoms with E-state index in [1.54, 1.807) is 0 Å². The molecule has 2 aliphatic rings. The van der Waals surface area contributed by atoms with Gasteiger partial charge in [-0.1, -0.05) is 0 Å². The molecule has 2 aliphatic heterocycles. The van der Waals surface area contributed by atoms with Crippen molar-refractivity contribution in [2.45, 2.75) is 48.8 Å². The van der Waals surface area contributed by atoms with Crippen LogP contribution in [0.4, 0.5) is 5.82 Å². The van der Waals surface area contributed by atoms with E-state index < -0.39 is 16.1 Å². The van der Waals surface area contributed by atoms with Gasteiger partial charge in [0.15, 0.2) is 0 Å². The van der Waals surface area contributed by atoms with Gasteiger partial charge in [0.1, 0.15) is 10.7 Å². The molecule has 7 nitrogen and oxygen atoms in total. The van der Waals surface area contributed by atoms with Crippen molar-refractivity contribution in [3.05, 3.63) is 6.20 Å². The lowest BCUT2D eigenvalue weighted by Gasteiger charge is -2.35. The van der Waals surface area contributed by atoms with Crippen LogP contribution in [0, 0.1) is 0 Å². The van der Waals surface area contributed by atoms with Crippen molar-refractivity contribution in [3.63, 3.8) is 0 Å². The number of rotatable bonds is 2. The highest BCUT2D eigenvalue weighted by atomic mass is 32.2. The van der Waals surface area contributed by atoms with E-state index in [1.165, 1.54) is 10.5 Å². The second-order valence-electron chi connectivity index (χ2n) is 4.99. The summed E-state index contributed by atoms with van der Waals surface area (Å²) in [6.07, 6.45) is 3.48. The molecule has 1 aromatic rings. The molecule has 2 saturated heterocycles. The number of aliphatic hydroxyl groups excluding tert-OH is 1. The summed E-state index contributed by atoms with van der Waals surface area (Å²) in [7, 11) is -3.61. The molecule has 0 saturated carbocycles. The predicted molar refractivity (Wildman–Crippen MR) is 64.1 cm³/mol. The number of H-pyrrole nitrogens is 1. The maximum absolute atomic E-state index is 12.5. The van der Waals surface area contributed by atoms with E-state index in [1.807, 2.05) is 0 Å². The topological polar surface area (TPSA) is 112 Å². The van der Waals surface area contributed by atoms with Crippen LogP contribution < -0.4 is 5.73 Å². The van der Waals surface area contributed by atoms with Gasteiger partial charge in [-0.2, -0.15) is 9.40 Å². The fourth-order valence-corrected chi connectivity index (χ4v) is 5.01. The number of hydrogen-bond acceptors (Lipinski definition) is 5. The first-order valence-corrected chi connectivity index (χ1v) is 7.44. The first-order valence-electron chi connectivity index (χ1n) is 6.00. The zero-order valence-corrected chi connectivity index (χ0v) is 10.6. The fraction of sp³-hybridized carbons (Fsp3) is 0.700. The smallest absolute Gasteiger partial charge is 0.248 e. The quantitative estimate of drug-likeness (QED) is 0.682. The van der Waals surface area contributed by atoms with Crippen LogP contribution in [0.3, 0.4) is 0 Å². The minimum atomic E-state index is -3.61. The Morgan fingerprint density at radius 3 is 2.50 bits per heavy atom. The van der Waals surface area contributed by atoms with Gasteiger partial charge >= 0.3 is 0 Å². The monoisotopic (exact) mass is 272 g/mol. The number of anilines is 1. The zero-order chi connectivity index (χ0) is 12.9. The Hall–Kier alpha value is -1.12. The lowest BCUT2D eigenvalue weighted by molar-refractivity contribution is 0.0769. The summed E-state index contributed by atoms with van der Waals surface area (Å²) >= 11 is 0. The van der Waals surface area contributed by atoms with Crippen molar-refractivity contribution in [1.82, 2.24) is 14.5 Å². The molecule has 0 radical (unpaired) electrons. The highest BCUT2D eigenvalue weighted by Gasteiger charge is 2.47. The molecule has 3 heterocycles. The number of sulfonamides is 1. The molecular formula is C10H16N4O3S. The molecule has 2 bridgehead atoms. The van der Waals surface area contributed by atoms with Gasteiger partial charge in [-0.25, -0.2) is 8.42 Å². The Kier molecular flexibility index (Phi) is 2.61. The van der Waals surface area contributed by atoms with Gasteiger partial charge in [0.05, 0.1) is 12.3 Å². The Bertz CT molecular complexity index is 541. The first-order chi connectivity index (χ1) is 8.50. The van der Waals surface area contributed by atoms with Crippen molar-refractivity contribution < 1.29 is 13.5 Å². The van der Waals surface area contributed by atoms with E-state index in [-0.39, 0.29) is 22.8 Å². The van der Waals surface area contributed by atoms with Gasteiger partial charge < -0.3 is 10.8 Å². The molecule has 0 amide bonds. The summed E-state index contributed by atoms with van der Waals surface area (Å²) in [5.74, 6) is 0.0699. The molecule has 0 aliphatic carbocycles. The van der Waals surface area contributed by atoms with E-state index in [9.17, 15) is 13.5 Å². The molecule has 0 aromatic carbocycles. The summed E-state index contributed by atoms with van der Waals surface area (Å²) in [4.78, 5) is 0.0378. The molecule has 1 aromatic heterocycles. The second-order valence-corrected chi connectivity index (χ2v) is 6.80. The summed E-state index contributed by atoms with van der Waals surface area (Å²) in [6.45, 7) is 0. The molecule has 2 atom stereocenters. The molecule has 18 heavy (non-hydrogen) atoms. The average Bonchev–Trinajstić information content (AvgIpc) is 2.82. The largest absolute Gasteiger partial charge is 0.393 e. The standard InChI is InChI=1S/C10H16N4O3S/c11-10-9(5-12-13-10)18(16,17)14-6-1-2-7(14)4-8(15)3-6/h5-8,15H,1-4H2,(H3,11,12,13). The van der Waals surface area contributed by atoms with Crippen molar-refractivity contribution in [2.75, 3.05) is 5.73 Å². The number of piperidine rings is 1. The normalized spacial score (nSPS) is 32.8. The molecule has 4 N–H and O–H groups in total. The summed E-state index contributed by atoms with van der Waals surface area (Å²) < 4.78 is 26.6. The van der Waals surface area contributed by atoms with Crippen molar-refractivity contribution >= 4 is 15.8 Å². The predicted octanol–water partition coefficient (Wildman–Crippen LogP) is -0.332. The molecule has 3 rings (SSSR count). The van der Waals surface area contributed by atoms with E-state index in [4.69, 9.17) is 5.73 Å². The van der Waals surface area contributed by atoms with Crippen LogP contribution in [-0.2, 0) is 10.0 Å². The van der Waals surface area contributed by atoms with E-state index in [0.29, 0.717) is 12.8 Å². The molecule has 0 spiro atoms. The number of nitrogens with two attached hydrogens (primary N) is 1. The lowest BCUT2D eigenvalue weighted by atomic mass is 10.0. The molecule has 2 fully saturated rings. The number of aliphatic hydroxyl groups is 1. The molecule has 8 heteroatoms. The number of nitrogens with one attached hydrogen (secondary N) is 1. The van der Waals surface area contributed by atoms with E-state index in [0.717, 1.165) is 12.8 Å². The van der Waals surface area contributed by atoms with E-state index in [2.05, 4.69) is 10.2 Å². The van der Waals surface area contributed by atoms with Gasteiger partial charge in [0, 0.05) is 12.1 Å². The van der Waals surface area contributed by atoms with Crippen molar-refractivity contribution in [3.8, 4) is 0 Å². The van der Waals surface area contributed by atoms with Crippen LogP contribution >= 0.6 is 0 Å². The maximum atomic E-state index is 12.5. The van der Waals surface area contributed by atoms with Crippen molar-refractivity contribution in [1.29, 1.82) is 0 Å². The number of aromatic amines is 1. The third-order valence-electron chi connectivity index (χ3n) is 3.83. The number of fused-ring (bicyclic) bond motifs is 2. The van der Waals surface area contributed by atoms with Crippen LogP contribution in [0.5, 0.6) is 0 Å². The van der Waals surface area contributed by atoms with Gasteiger partial charge in [0.2, 0.25) is 10.0 Å². The summed E-state index contributed by atoms with van der Waals surface area (Å²) in [5, 5.41) is 15.8. The summed E-state index contributed by atoms with van der Waals surface area (Å²) in [6, 6.07) is -0.226. The van der Waals surface area contributed by atoms with Crippen LogP contribution in [0.2, 0.25) is 0 Å². The highest BCUT2D eigenvalue weighted by Crippen LogP contribution is 2.40. The van der Waals surface area contributed by atoms with Crippen LogP contribution in [0.25, 0.3) is 0 Å². The lowest BCUT2D eigenvalue weighted by Crippen LogP contribution is -2.47. The summed E-state index contributed by atoms with van der Waals surface area (Å²) in [5.41, 5.74) is 5.60. The van der Waals surface area contributed by atoms with Gasteiger partial charge in [-0.3, -0.25) is 5.10 Å². The number of aromatic nitrogens is 2. The number of hydrogen-bond donors (Lipinski definition) is 3. The van der Waals surface area contributed by atoms with E-state index >= 15 is 0 Å². The van der Waals surface area contributed by atoms with Crippen LogP contribution in [-0.4, -0.2) is 46.2 Å². The van der Waals surface area contributed by atoms with Gasteiger partial charge in [0.25, 0.3) is 0 Å². The number of nitrogen functional groups attached to an aromatic ring is 1. The van der Waals surface area contributed by atoms with Crippen molar-refractivity contribution in [2.24, 2.45) is 0 Å². The minimum Gasteiger partial charge on any atom is -0.393 e. The first kappa shape index (κ1) is 11.9. The van der Waals surface area contributed by atoms with Crippen LogP contribution in [0.1, 0.15) is 25.7 Å². The third-order valence-corrected chi connectivity index (χ3v) is 5.86. The Labute approximate surface area is 105 Å². The second kappa shape index (κ2) is 3.94. The molecule has 2 unspecified atom stereocenters. The Morgan fingerprint density at radius 2 is 2.00 bits per heavy atom. The fourth-order valence-electron chi connectivity index (χ4n) is 3.10.